The third kappa shape index (κ3) is 3.49. The Bertz CT molecular complexity index is 516. The molecule has 0 spiro atoms. The molecule has 2 aliphatic rings. The van der Waals surface area contributed by atoms with E-state index in [1.807, 2.05) is 18.2 Å². The van der Waals surface area contributed by atoms with Crippen molar-refractivity contribution in [2.75, 3.05) is 26.4 Å². The number of halogens is 1. The summed E-state index contributed by atoms with van der Waals surface area (Å²) in [4.78, 5) is 12.1. The third-order valence-electron chi connectivity index (χ3n) is 3.74. The maximum Gasteiger partial charge on any atom is 0.223 e. The van der Waals surface area contributed by atoms with Gasteiger partial charge in [0, 0.05) is 19.1 Å². The van der Waals surface area contributed by atoms with Crippen LogP contribution in [0.15, 0.2) is 22.7 Å². The van der Waals surface area contributed by atoms with Crippen LogP contribution in [0.2, 0.25) is 0 Å². The quantitative estimate of drug-likeness (QED) is 0.902. The third-order valence-corrected chi connectivity index (χ3v) is 4.36. The van der Waals surface area contributed by atoms with Gasteiger partial charge in [-0.15, -0.1) is 0 Å². The van der Waals surface area contributed by atoms with Crippen molar-refractivity contribution in [2.45, 2.75) is 18.9 Å². The number of amides is 1. The van der Waals surface area contributed by atoms with E-state index in [1.54, 1.807) is 0 Å². The van der Waals surface area contributed by atoms with Crippen LogP contribution in [0, 0.1) is 5.92 Å². The number of hydrogen-bond acceptors (Lipinski definition) is 4. The van der Waals surface area contributed by atoms with Crippen molar-refractivity contribution >= 4 is 21.8 Å². The molecule has 1 aromatic rings. The number of rotatable bonds is 3. The molecule has 1 amide bonds. The lowest BCUT2D eigenvalue weighted by atomic mass is 9.99. The van der Waals surface area contributed by atoms with E-state index in [1.165, 1.54) is 0 Å². The van der Waals surface area contributed by atoms with Gasteiger partial charge in [-0.2, -0.15) is 0 Å². The number of para-hydroxylation sites is 1. The standard InChI is InChI=1S/C15H18BrNO4/c16-12-2-1-3-13-14(12)21-11(9-20-13)8-17-15(18)10-4-6-19-7-5-10/h1-3,10-11H,4-9H2,(H,17,18). The molecule has 0 radical (unpaired) electrons. The Morgan fingerprint density at radius 1 is 1.33 bits per heavy atom. The Labute approximate surface area is 132 Å². The van der Waals surface area contributed by atoms with Crippen LogP contribution in [0.25, 0.3) is 0 Å². The van der Waals surface area contributed by atoms with E-state index in [0.29, 0.717) is 32.1 Å². The van der Waals surface area contributed by atoms with Crippen molar-refractivity contribution in [1.29, 1.82) is 0 Å². The molecule has 1 atom stereocenters. The lowest BCUT2D eigenvalue weighted by Crippen LogP contribution is -2.43. The SMILES string of the molecule is O=C(NCC1COc2cccc(Br)c2O1)C1CCOCC1. The van der Waals surface area contributed by atoms with Gasteiger partial charge in [0.05, 0.1) is 11.0 Å². The van der Waals surface area contributed by atoms with Crippen LogP contribution >= 0.6 is 15.9 Å². The normalized spacial score (nSPS) is 21.9. The monoisotopic (exact) mass is 355 g/mol. The maximum absolute atomic E-state index is 12.1. The highest BCUT2D eigenvalue weighted by molar-refractivity contribution is 9.10. The van der Waals surface area contributed by atoms with E-state index >= 15 is 0 Å². The predicted molar refractivity (Wildman–Crippen MR) is 80.6 cm³/mol. The van der Waals surface area contributed by atoms with Gasteiger partial charge < -0.3 is 19.5 Å². The Morgan fingerprint density at radius 2 is 2.14 bits per heavy atom. The fraction of sp³-hybridized carbons (Fsp3) is 0.533. The summed E-state index contributed by atoms with van der Waals surface area (Å²) in [5.74, 6) is 1.58. The minimum atomic E-state index is -0.167. The zero-order valence-electron chi connectivity index (χ0n) is 11.6. The first-order valence-corrected chi connectivity index (χ1v) is 7.97. The second kappa shape index (κ2) is 6.66. The first kappa shape index (κ1) is 14.7. The maximum atomic E-state index is 12.1. The summed E-state index contributed by atoms with van der Waals surface area (Å²) in [7, 11) is 0. The molecule has 0 bridgehead atoms. The molecule has 1 unspecified atom stereocenters. The van der Waals surface area contributed by atoms with Crippen molar-refractivity contribution in [3.63, 3.8) is 0 Å². The molecule has 0 aliphatic carbocycles. The van der Waals surface area contributed by atoms with Crippen molar-refractivity contribution in [3.05, 3.63) is 22.7 Å². The first-order chi connectivity index (χ1) is 10.2. The molecule has 0 saturated carbocycles. The van der Waals surface area contributed by atoms with Gasteiger partial charge in [-0.25, -0.2) is 0 Å². The highest BCUT2D eigenvalue weighted by atomic mass is 79.9. The Balaban J connectivity index is 1.53. The number of hydrogen-bond donors (Lipinski definition) is 1. The summed E-state index contributed by atoms with van der Waals surface area (Å²) in [5.41, 5.74) is 0. The van der Waals surface area contributed by atoms with Crippen molar-refractivity contribution in [3.8, 4) is 11.5 Å². The van der Waals surface area contributed by atoms with Gasteiger partial charge in [0.1, 0.15) is 6.61 Å². The molecule has 2 aliphatic heterocycles. The van der Waals surface area contributed by atoms with Gasteiger partial charge in [0.25, 0.3) is 0 Å². The van der Waals surface area contributed by atoms with Crippen LogP contribution < -0.4 is 14.8 Å². The summed E-state index contributed by atoms with van der Waals surface area (Å²) in [6.45, 7) is 2.23. The molecular formula is C15H18BrNO4. The average molecular weight is 356 g/mol. The van der Waals surface area contributed by atoms with E-state index in [4.69, 9.17) is 14.2 Å². The molecule has 1 aromatic carbocycles. The highest BCUT2D eigenvalue weighted by Gasteiger charge is 2.26. The molecule has 2 heterocycles. The van der Waals surface area contributed by atoms with Crippen molar-refractivity contribution in [1.82, 2.24) is 5.32 Å². The van der Waals surface area contributed by atoms with Crippen LogP contribution in [0.4, 0.5) is 0 Å². The Hall–Kier alpha value is -1.27. The second-order valence-electron chi connectivity index (χ2n) is 5.25. The van der Waals surface area contributed by atoms with Crippen molar-refractivity contribution in [2.24, 2.45) is 5.92 Å². The fourth-order valence-corrected chi connectivity index (χ4v) is 2.96. The lowest BCUT2D eigenvalue weighted by Gasteiger charge is -2.28. The van der Waals surface area contributed by atoms with Gasteiger partial charge in [-0.1, -0.05) is 6.07 Å². The molecule has 0 aromatic heterocycles. The molecule has 6 heteroatoms. The fourth-order valence-electron chi connectivity index (χ4n) is 2.52. The highest BCUT2D eigenvalue weighted by Crippen LogP contribution is 2.38. The molecule has 3 rings (SSSR count). The Kier molecular flexibility index (Phi) is 4.65. The average Bonchev–Trinajstić information content (AvgIpc) is 2.54. The molecule has 1 fully saturated rings. The molecule has 1 saturated heterocycles. The largest absolute Gasteiger partial charge is 0.486 e. The number of ether oxygens (including phenoxy) is 3. The van der Waals surface area contributed by atoms with E-state index in [0.717, 1.165) is 23.1 Å². The predicted octanol–water partition coefficient (Wildman–Crippen LogP) is 2.13. The van der Waals surface area contributed by atoms with E-state index in [9.17, 15) is 4.79 Å². The summed E-state index contributed by atoms with van der Waals surface area (Å²) in [6.07, 6.45) is 1.42. The van der Waals surface area contributed by atoms with Gasteiger partial charge in [-0.3, -0.25) is 4.79 Å². The van der Waals surface area contributed by atoms with Crippen LogP contribution in [0.1, 0.15) is 12.8 Å². The minimum absolute atomic E-state index is 0.0577. The van der Waals surface area contributed by atoms with Gasteiger partial charge in [0.15, 0.2) is 17.6 Å². The number of carbonyl (C=O) groups is 1. The summed E-state index contributed by atoms with van der Waals surface area (Å²) >= 11 is 3.45. The Morgan fingerprint density at radius 3 is 2.95 bits per heavy atom. The molecule has 114 valence electrons. The van der Waals surface area contributed by atoms with E-state index in [2.05, 4.69) is 21.2 Å². The zero-order valence-corrected chi connectivity index (χ0v) is 13.2. The van der Waals surface area contributed by atoms with Crippen LogP contribution in [0.5, 0.6) is 11.5 Å². The van der Waals surface area contributed by atoms with Crippen LogP contribution in [-0.2, 0) is 9.53 Å². The summed E-state index contributed by atoms with van der Waals surface area (Å²) in [6, 6.07) is 5.68. The first-order valence-electron chi connectivity index (χ1n) is 7.17. The minimum Gasteiger partial charge on any atom is -0.486 e. The number of fused-ring (bicyclic) bond motifs is 1. The number of carbonyl (C=O) groups excluding carboxylic acids is 1. The smallest absolute Gasteiger partial charge is 0.223 e. The number of benzene rings is 1. The summed E-state index contributed by atoms with van der Waals surface area (Å²) in [5, 5.41) is 2.96. The van der Waals surface area contributed by atoms with E-state index in [-0.39, 0.29) is 17.9 Å². The van der Waals surface area contributed by atoms with E-state index < -0.39 is 0 Å². The van der Waals surface area contributed by atoms with Gasteiger partial charge in [-0.05, 0) is 40.9 Å². The van der Waals surface area contributed by atoms with Gasteiger partial charge in [0.2, 0.25) is 5.91 Å². The summed E-state index contributed by atoms with van der Waals surface area (Å²) < 4.78 is 17.7. The van der Waals surface area contributed by atoms with Gasteiger partial charge >= 0.3 is 0 Å². The number of nitrogens with one attached hydrogen (secondary N) is 1. The molecule has 21 heavy (non-hydrogen) atoms. The zero-order chi connectivity index (χ0) is 14.7. The van der Waals surface area contributed by atoms with Crippen LogP contribution in [0.3, 0.4) is 0 Å². The van der Waals surface area contributed by atoms with Crippen molar-refractivity contribution < 1.29 is 19.0 Å². The van der Waals surface area contributed by atoms with Crippen LogP contribution in [-0.4, -0.2) is 38.4 Å². The molecule has 5 nitrogen and oxygen atoms in total. The topological polar surface area (TPSA) is 56.8 Å². The second-order valence-corrected chi connectivity index (χ2v) is 6.10. The lowest BCUT2D eigenvalue weighted by molar-refractivity contribution is -0.128. The molecule has 1 N–H and O–H groups in total. The molecular weight excluding hydrogens is 338 g/mol.